The van der Waals surface area contributed by atoms with E-state index in [4.69, 9.17) is 0 Å². The van der Waals surface area contributed by atoms with E-state index in [0.717, 1.165) is 10.7 Å². The Kier molecular flexibility index (Phi) is 3.27. The van der Waals surface area contributed by atoms with Gasteiger partial charge in [0.2, 0.25) is 6.34 Å². The Morgan fingerprint density at radius 2 is 1.39 bits per heavy atom. The van der Waals surface area contributed by atoms with Crippen LogP contribution in [-0.2, 0) is 0 Å². The minimum atomic E-state index is -10.7. The van der Waals surface area contributed by atoms with Crippen LogP contribution in [0.5, 0.6) is 0 Å². The number of nitrogens with zero attached hydrogens (tertiary/aromatic N) is 2. The number of hydrogen-bond donors (Lipinski definition) is 1. The molecule has 10 heteroatoms. The maximum absolute atomic E-state index is 10.7. The van der Waals surface area contributed by atoms with E-state index in [2.05, 4.69) is 10.1 Å². The molecule has 0 spiro atoms. The van der Waals surface area contributed by atoms with Crippen molar-refractivity contribution in [1.82, 2.24) is 0 Å². The molecule has 1 atom stereocenters. The first kappa shape index (κ1) is 14.6. The van der Waals surface area contributed by atoms with Crippen molar-refractivity contribution < 1.29 is 30.2 Å². The van der Waals surface area contributed by atoms with Crippen LogP contribution in [0, 0.1) is 0 Å². The van der Waals surface area contributed by atoms with Crippen LogP contribution in [0.3, 0.4) is 0 Å². The van der Waals surface area contributed by atoms with E-state index in [1.54, 1.807) is 12.7 Å². The third kappa shape index (κ3) is 8.66. The first-order chi connectivity index (χ1) is 7.92. The molecular weight excluding hydrogens is 283 g/mol. The van der Waals surface area contributed by atoms with Crippen molar-refractivity contribution in [2.45, 2.75) is 0 Å². The average Bonchev–Trinajstić information content (AvgIpc) is 2.67. The van der Waals surface area contributed by atoms with Crippen LogP contribution in [0.1, 0.15) is 0 Å². The predicted octanol–water partition coefficient (Wildman–Crippen LogP) is 3.57. The van der Waals surface area contributed by atoms with E-state index in [1.165, 1.54) is 0 Å². The van der Waals surface area contributed by atoms with Crippen LogP contribution in [0.15, 0.2) is 40.4 Å². The summed E-state index contributed by atoms with van der Waals surface area (Å²) in [6, 6.07) is 10.0. The number of quaternary nitrogens is 1. The summed E-state index contributed by atoms with van der Waals surface area (Å²) in [5, 5.41) is 5.01. The third-order valence-corrected chi connectivity index (χ3v) is 1.53. The molecule has 0 saturated heterocycles. The molecule has 0 aromatic heterocycles. The Balaban J connectivity index is 0.000000203. The van der Waals surface area contributed by atoms with Gasteiger partial charge in [0.25, 0.3) is 0 Å². The Morgan fingerprint density at radius 3 is 1.78 bits per heavy atom. The Morgan fingerprint density at radius 1 is 0.889 bits per heavy atom. The van der Waals surface area contributed by atoms with Gasteiger partial charge in [-0.2, -0.15) is 4.99 Å². The van der Waals surface area contributed by atoms with Crippen LogP contribution in [-0.4, -0.2) is 12.7 Å². The van der Waals surface area contributed by atoms with E-state index < -0.39 is 7.81 Å². The van der Waals surface area contributed by atoms with E-state index >= 15 is 0 Å². The molecule has 3 nitrogen and oxygen atoms in total. The van der Waals surface area contributed by atoms with Gasteiger partial charge < -0.3 is 0 Å². The number of aliphatic imine (C=N–C) groups is 1. The van der Waals surface area contributed by atoms with Gasteiger partial charge in [0, 0.05) is 12.1 Å². The van der Waals surface area contributed by atoms with Crippen LogP contribution < -0.4 is 5.01 Å². The molecule has 1 heterocycles. The molecule has 0 amide bonds. The summed E-state index contributed by atoms with van der Waals surface area (Å²) < 4.78 is 59.2. The molecule has 1 N–H and O–H groups in total. The zero-order chi connectivity index (χ0) is 13.9. The van der Waals surface area contributed by atoms with Crippen molar-refractivity contribution in [2.75, 3.05) is 0 Å². The number of halogens is 6. The van der Waals surface area contributed by atoms with Gasteiger partial charge in [-0.25, -0.2) is 0 Å². The fourth-order valence-corrected chi connectivity index (χ4v) is 0.991. The van der Waals surface area contributed by atoms with Crippen molar-refractivity contribution in [3.05, 3.63) is 30.3 Å². The molecule has 0 bridgehead atoms. The zero-order valence-electron chi connectivity index (χ0n) is 8.65. The van der Waals surface area contributed by atoms with Gasteiger partial charge in [0.1, 0.15) is 0 Å². The molecule has 0 saturated carbocycles. The van der Waals surface area contributed by atoms with Crippen molar-refractivity contribution in [3.63, 3.8) is 0 Å². The molecular formula is C8H8F6N3P. The molecule has 2 rings (SSSR count). The van der Waals surface area contributed by atoms with Crippen molar-refractivity contribution in [2.24, 2.45) is 10.1 Å². The van der Waals surface area contributed by atoms with E-state index in [-0.39, 0.29) is 0 Å². The third-order valence-electron chi connectivity index (χ3n) is 1.53. The first-order valence-electron chi connectivity index (χ1n) is 4.46. The molecule has 1 aliphatic heterocycles. The normalized spacial score (nSPS) is 21.8. The van der Waals surface area contributed by atoms with Crippen LogP contribution >= 0.6 is 7.81 Å². The second-order valence-corrected chi connectivity index (χ2v) is 5.15. The summed E-state index contributed by atoms with van der Waals surface area (Å²) in [7, 11) is -10.7. The van der Waals surface area contributed by atoms with Crippen molar-refractivity contribution in [3.8, 4) is 0 Å². The Hall–Kier alpha value is -1.47. The summed E-state index contributed by atoms with van der Waals surface area (Å²) in [6.07, 6.45) is 3.32. The SMILES string of the molecule is C1=NC=N[NH+]1c1ccccc1.F[P-](F)(F)(F)(F)F. The average molecular weight is 291 g/mol. The molecule has 0 fully saturated rings. The number of nitrogens with one attached hydrogen (secondary N) is 1. The zero-order valence-corrected chi connectivity index (χ0v) is 9.55. The van der Waals surface area contributed by atoms with Gasteiger partial charge in [-0.3, -0.25) is 0 Å². The summed E-state index contributed by atoms with van der Waals surface area (Å²) in [5.74, 6) is 0. The fraction of sp³-hybridized carbons (Fsp3) is 0. The van der Waals surface area contributed by atoms with Gasteiger partial charge in [-0.15, -0.1) is 5.01 Å². The Bertz CT molecular complexity index is 442. The van der Waals surface area contributed by atoms with Crippen LogP contribution in [0.4, 0.5) is 30.9 Å². The standard InChI is InChI=1S/C8H7N3.F6P/c1-2-4-8(5-3-1)11-7-9-6-10-11;1-7(2,3,4,5)6/h1-7H;/q;-1/p+1. The van der Waals surface area contributed by atoms with Gasteiger partial charge in [-0.05, 0) is 0 Å². The molecule has 0 aliphatic carbocycles. The summed E-state index contributed by atoms with van der Waals surface area (Å²) in [5.41, 5.74) is 1.12. The number of para-hydroxylation sites is 1. The monoisotopic (exact) mass is 291 g/mol. The maximum atomic E-state index is 9.87. The molecule has 102 valence electrons. The summed E-state index contributed by atoms with van der Waals surface area (Å²) in [6.45, 7) is 0. The quantitative estimate of drug-likeness (QED) is 0.605. The second kappa shape index (κ2) is 4.03. The van der Waals surface area contributed by atoms with Gasteiger partial charge in [-0.1, -0.05) is 23.3 Å². The van der Waals surface area contributed by atoms with Crippen molar-refractivity contribution >= 4 is 26.2 Å². The number of rotatable bonds is 1. The molecule has 18 heavy (non-hydrogen) atoms. The van der Waals surface area contributed by atoms with Gasteiger partial charge in [0.05, 0.1) is 0 Å². The Labute approximate surface area is 97.7 Å². The molecule has 1 aromatic carbocycles. The van der Waals surface area contributed by atoms with E-state index in [0.29, 0.717) is 0 Å². The predicted molar refractivity (Wildman–Crippen MR) is 57.6 cm³/mol. The first-order valence-corrected chi connectivity index (χ1v) is 6.49. The fourth-order valence-electron chi connectivity index (χ4n) is 0.991. The second-order valence-electron chi connectivity index (χ2n) is 3.23. The molecule has 1 aromatic rings. The molecule has 1 unspecified atom stereocenters. The van der Waals surface area contributed by atoms with Crippen LogP contribution in [0.25, 0.3) is 0 Å². The summed E-state index contributed by atoms with van der Waals surface area (Å²) >= 11 is 0. The molecule has 1 aliphatic rings. The van der Waals surface area contributed by atoms with Gasteiger partial charge >= 0.3 is 33.0 Å². The van der Waals surface area contributed by atoms with E-state index in [9.17, 15) is 25.2 Å². The minimum absolute atomic E-state index is 0.936. The number of hydrogen-bond acceptors (Lipinski definition) is 2. The van der Waals surface area contributed by atoms with Crippen molar-refractivity contribution in [1.29, 1.82) is 0 Å². The summed E-state index contributed by atoms with van der Waals surface area (Å²) in [4.78, 5) is 3.89. The van der Waals surface area contributed by atoms with Crippen LogP contribution in [0.2, 0.25) is 0 Å². The molecule has 0 radical (unpaired) electrons. The number of benzene rings is 1. The van der Waals surface area contributed by atoms with E-state index in [1.807, 2.05) is 30.3 Å². The van der Waals surface area contributed by atoms with Gasteiger partial charge in [0.15, 0.2) is 12.0 Å². The topological polar surface area (TPSA) is 29.2 Å².